The van der Waals surface area contributed by atoms with Crippen LogP contribution < -0.4 is 4.73 Å². The molecule has 0 aliphatic carbocycles. The van der Waals surface area contributed by atoms with E-state index in [2.05, 4.69) is 4.98 Å². The maximum absolute atomic E-state index is 10.5. The number of aromatic hydroxyl groups is 1. The molecule has 1 rings (SSSR count). The molecule has 54 valence electrons. The molecule has 0 atom stereocenters. The fourth-order valence-electron chi connectivity index (χ4n) is 0.632. The number of hydrogen-bond donors (Lipinski definition) is 1. The fraction of sp³-hybridized carbons (Fsp3) is 0.333. The Morgan fingerprint density at radius 2 is 2.50 bits per heavy atom. The van der Waals surface area contributed by atoms with E-state index < -0.39 is 6.01 Å². The summed E-state index contributed by atoms with van der Waals surface area (Å²) in [6.07, 6.45) is 1.95. The SMILES string of the molecule is CCc1cc[n+]([O-])c(O)n1. The lowest BCUT2D eigenvalue weighted by Crippen LogP contribution is -2.26. The minimum absolute atomic E-state index is 0.319. The molecule has 0 saturated carbocycles. The van der Waals surface area contributed by atoms with Gasteiger partial charge in [0, 0.05) is 12.5 Å². The summed E-state index contributed by atoms with van der Waals surface area (Å²) in [5, 5.41) is 19.3. The molecule has 0 amide bonds. The van der Waals surface area contributed by atoms with Gasteiger partial charge in [-0.3, -0.25) is 0 Å². The van der Waals surface area contributed by atoms with Crippen molar-refractivity contribution in [3.8, 4) is 6.01 Å². The first-order valence-corrected chi connectivity index (χ1v) is 3.02. The predicted molar refractivity (Wildman–Crippen MR) is 34.2 cm³/mol. The normalized spacial score (nSPS) is 9.70. The summed E-state index contributed by atoms with van der Waals surface area (Å²) >= 11 is 0. The minimum atomic E-state index is -0.487. The Hall–Kier alpha value is -1.32. The molecule has 1 N–H and O–H groups in total. The summed E-state index contributed by atoms with van der Waals surface area (Å²) < 4.78 is 0.319. The van der Waals surface area contributed by atoms with Crippen molar-refractivity contribution in [1.82, 2.24) is 4.98 Å². The van der Waals surface area contributed by atoms with Gasteiger partial charge in [-0.1, -0.05) is 6.92 Å². The second kappa shape index (κ2) is 2.51. The van der Waals surface area contributed by atoms with Gasteiger partial charge in [0.1, 0.15) is 6.20 Å². The van der Waals surface area contributed by atoms with Gasteiger partial charge < -0.3 is 10.3 Å². The molecule has 1 heterocycles. The van der Waals surface area contributed by atoms with E-state index in [1.807, 2.05) is 6.92 Å². The summed E-state index contributed by atoms with van der Waals surface area (Å²) in [7, 11) is 0. The van der Waals surface area contributed by atoms with Crippen LogP contribution in [0.1, 0.15) is 12.6 Å². The van der Waals surface area contributed by atoms with Gasteiger partial charge in [-0.05, 0) is 4.98 Å². The highest BCUT2D eigenvalue weighted by atomic mass is 16.5. The van der Waals surface area contributed by atoms with E-state index in [1.54, 1.807) is 6.07 Å². The third-order valence-corrected chi connectivity index (χ3v) is 1.21. The van der Waals surface area contributed by atoms with Crippen LogP contribution in [-0.2, 0) is 6.42 Å². The van der Waals surface area contributed by atoms with Gasteiger partial charge in [0.2, 0.25) is 0 Å². The monoisotopic (exact) mass is 140 g/mol. The summed E-state index contributed by atoms with van der Waals surface area (Å²) in [5.74, 6) is 0. The zero-order valence-electron chi connectivity index (χ0n) is 5.61. The highest BCUT2D eigenvalue weighted by molar-refractivity contribution is 4.99. The highest BCUT2D eigenvalue weighted by Gasteiger charge is 2.05. The molecule has 0 unspecified atom stereocenters. The van der Waals surface area contributed by atoms with Crippen molar-refractivity contribution in [2.24, 2.45) is 0 Å². The summed E-state index contributed by atoms with van der Waals surface area (Å²) in [5.41, 5.74) is 0.713. The largest absolute Gasteiger partial charge is 0.708 e. The Balaban J connectivity index is 3.04. The maximum atomic E-state index is 10.5. The van der Waals surface area contributed by atoms with Gasteiger partial charge in [-0.25, -0.2) is 4.73 Å². The van der Waals surface area contributed by atoms with Crippen LogP contribution in [0.15, 0.2) is 12.3 Å². The molecule has 0 bridgehead atoms. The maximum Gasteiger partial charge on any atom is 0.499 e. The molecular formula is C6H8N2O2. The molecule has 4 heteroatoms. The van der Waals surface area contributed by atoms with Gasteiger partial charge in [-0.15, -0.1) is 0 Å². The molecule has 0 aliphatic rings. The van der Waals surface area contributed by atoms with E-state index in [0.29, 0.717) is 16.8 Å². The molecule has 1 aromatic rings. The standard InChI is InChI=1S/C6H8N2O2/c1-2-5-3-4-8(10)6(9)7-5/h3-4H,2H2,1H3,(H,7,9). The molecule has 0 saturated heterocycles. The average Bonchev–Trinajstić information content (AvgIpc) is 1.95. The number of nitrogens with zero attached hydrogens (tertiary/aromatic N) is 2. The first-order chi connectivity index (χ1) is 4.74. The second-order valence-electron chi connectivity index (χ2n) is 1.90. The van der Waals surface area contributed by atoms with Crippen molar-refractivity contribution < 1.29 is 9.84 Å². The van der Waals surface area contributed by atoms with Crippen LogP contribution >= 0.6 is 0 Å². The summed E-state index contributed by atoms with van der Waals surface area (Å²) in [6.45, 7) is 1.90. The Labute approximate surface area is 58.4 Å². The van der Waals surface area contributed by atoms with Crippen LogP contribution in [0.5, 0.6) is 6.01 Å². The molecular weight excluding hydrogens is 132 g/mol. The van der Waals surface area contributed by atoms with Crippen molar-refractivity contribution in [2.45, 2.75) is 13.3 Å². The molecule has 1 aromatic heterocycles. The van der Waals surface area contributed by atoms with Crippen molar-refractivity contribution in [3.05, 3.63) is 23.2 Å². The van der Waals surface area contributed by atoms with E-state index in [-0.39, 0.29) is 0 Å². The van der Waals surface area contributed by atoms with Gasteiger partial charge in [0.05, 0.1) is 0 Å². The third-order valence-electron chi connectivity index (χ3n) is 1.21. The number of aromatic nitrogens is 2. The molecule has 4 nitrogen and oxygen atoms in total. The van der Waals surface area contributed by atoms with Crippen molar-refractivity contribution in [1.29, 1.82) is 0 Å². The van der Waals surface area contributed by atoms with E-state index in [4.69, 9.17) is 5.11 Å². The van der Waals surface area contributed by atoms with E-state index in [9.17, 15) is 5.21 Å². The first-order valence-electron chi connectivity index (χ1n) is 3.02. The molecule has 10 heavy (non-hydrogen) atoms. The number of rotatable bonds is 1. The van der Waals surface area contributed by atoms with E-state index in [0.717, 1.165) is 0 Å². The predicted octanol–water partition coefficient (Wildman–Crippen LogP) is -0.0170. The Morgan fingerprint density at radius 1 is 1.80 bits per heavy atom. The summed E-state index contributed by atoms with van der Waals surface area (Å²) in [4.78, 5) is 3.60. The third kappa shape index (κ3) is 1.15. The lowest BCUT2D eigenvalue weighted by atomic mass is 10.3. The number of hydrogen-bond acceptors (Lipinski definition) is 3. The minimum Gasteiger partial charge on any atom is -0.708 e. The Bertz CT molecular complexity index is 237. The van der Waals surface area contributed by atoms with Crippen LogP contribution in [-0.4, -0.2) is 10.1 Å². The van der Waals surface area contributed by atoms with Gasteiger partial charge >= 0.3 is 6.01 Å². The quantitative estimate of drug-likeness (QED) is 0.440. The van der Waals surface area contributed by atoms with Crippen LogP contribution in [0.2, 0.25) is 0 Å². The highest BCUT2D eigenvalue weighted by Crippen LogP contribution is 1.97. The molecule has 0 radical (unpaired) electrons. The topological polar surface area (TPSA) is 60.1 Å². The average molecular weight is 140 g/mol. The smallest absolute Gasteiger partial charge is 0.499 e. The van der Waals surface area contributed by atoms with Crippen molar-refractivity contribution >= 4 is 0 Å². The zero-order valence-corrected chi connectivity index (χ0v) is 5.61. The molecule has 0 spiro atoms. The lowest BCUT2D eigenvalue weighted by Gasteiger charge is -1.98. The molecule has 0 aromatic carbocycles. The molecule has 0 aliphatic heterocycles. The van der Waals surface area contributed by atoms with Gasteiger partial charge in [-0.2, -0.15) is 0 Å². The molecule has 0 fully saturated rings. The van der Waals surface area contributed by atoms with Crippen LogP contribution in [0.4, 0.5) is 0 Å². The van der Waals surface area contributed by atoms with Crippen molar-refractivity contribution in [3.63, 3.8) is 0 Å². The lowest BCUT2D eigenvalue weighted by molar-refractivity contribution is -0.617. The van der Waals surface area contributed by atoms with Crippen LogP contribution in [0.3, 0.4) is 0 Å². The van der Waals surface area contributed by atoms with Crippen LogP contribution in [0, 0.1) is 5.21 Å². The number of aryl methyl sites for hydroxylation is 1. The fourth-order valence-corrected chi connectivity index (χ4v) is 0.632. The van der Waals surface area contributed by atoms with Crippen molar-refractivity contribution in [2.75, 3.05) is 0 Å². The van der Waals surface area contributed by atoms with E-state index >= 15 is 0 Å². The Kier molecular flexibility index (Phi) is 1.71. The van der Waals surface area contributed by atoms with Gasteiger partial charge in [0.25, 0.3) is 0 Å². The van der Waals surface area contributed by atoms with E-state index in [1.165, 1.54) is 6.20 Å². The summed E-state index contributed by atoms with van der Waals surface area (Å²) in [6, 6.07) is 1.09. The van der Waals surface area contributed by atoms with Crippen LogP contribution in [0.25, 0.3) is 0 Å². The first kappa shape index (κ1) is 6.80. The van der Waals surface area contributed by atoms with Gasteiger partial charge in [0.15, 0.2) is 5.69 Å². The Morgan fingerprint density at radius 3 is 3.00 bits per heavy atom. The zero-order chi connectivity index (χ0) is 7.56. The second-order valence-corrected chi connectivity index (χ2v) is 1.90.